The van der Waals surface area contributed by atoms with Gasteiger partial charge in [0.2, 0.25) is 6.29 Å². The predicted molar refractivity (Wildman–Crippen MR) is 82.8 cm³/mol. The van der Waals surface area contributed by atoms with Gasteiger partial charge in [-0.2, -0.15) is 0 Å². The van der Waals surface area contributed by atoms with E-state index in [-0.39, 0.29) is 6.42 Å². The maximum Gasteiger partial charge on any atom is 0.340 e. The lowest BCUT2D eigenvalue weighted by atomic mass is 9.80. The molecule has 3 heterocycles. The fraction of sp³-hybridized carbons (Fsp3) is 0.941. The first-order chi connectivity index (χ1) is 11.0. The quantitative estimate of drug-likeness (QED) is 0.782. The Balaban J connectivity index is 2.02. The summed E-state index contributed by atoms with van der Waals surface area (Å²) in [4.78, 5) is 12.5. The van der Waals surface area contributed by atoms with E-state index in [1.54, 1.807) is 27.7 Å². The third kappa shape index (κ3) is 2.57. The van der Waals surface area contributed by atoms with Gasteiger partial charge < -0.3 is 28.8 Å². The summed E-state index contributed by atoms with van der Waals surface area (Å²) in [6.45, 7) is 10.7. The molecule has 0 saturated carbocycles. The van der Waals surface area contributed by atoms with Crippen LogP contribution in [0, 0.1) is 0 Å². The summed E-state index contributed by atoms with van der Waals surface area (Å²) in [6, 6.07) is 0. The predicted octanol–water partition coefficient (Wildman–Crippen LogP) is 1.85. The highest BCUT2D eigenvalue weighted by atomic mass is 16.9. The summed E-state index contributed by atoms with van der Waals surface area (Å²) >= 11 is 0. The van der Waals surface area contributed by atoms with Gasteiger partial charge in [0.25, 0.3) is 0 Å². The summed E-state index contributed by atoms with van der Waals surface area (Å²) in [5, 5.41) is 10.9. The molecule has 3 aliphatic heterocycles. The molecule has 138 valence electrons. The molecule has 1 N–H and O–H groups in total. The maximum atomic E-state index is 12.5. The molecular weight excluding hydrogens is 316 g/mol. The second-order valence-corrected chi connectivity index (χ2v) is 7.85. The lowest BCUT2D eigenvalue weighted by Gasteiger charge is -2.42. The highest BCUT2D eigenvalue weighted by Gasteiger charge is 2.68. The van der Waals surface area contributed by atoms with Crippen molar-refractivity contribution in [3.05, 3.63) is 0 Å². The third-order valence-corrected chi connectivity index (χ3v) is 5.33. The molecule has 0 bridgehead atoms. The zero-order valence-corrected chi connectivity index (χ0v) is 15.3. The van der Waals surface area contributed by atoms with Crippen LogP contribution >= 0.6 is 0 Å². The van der Waals surface area contributed by atoms with Gasteiger partial charge in [0.05, 0.1) is 5.60 Å². The Hall–Kier alpha value is -0.730. The van der Waals surface area contributed by atoms with Crippen molar-refractivity contribution in [3.63, 3.8) is 0 Å². The van der Waals surface area contributed by atoms with Crippen LogP contribution in [0.25, 0.3) is 0 Å². The molecule has 3 fully saturated rings. The molecule has 0 aromatic heterocycles. The number of aliphatic hydroxyl groups is 1. The van der Waals surface area contributed by atoms with Crippen molar-refractivity contribution in [3.8, 4) is 0 Å². The number of rotatable bonds is 3. The Kier molecular flexibility index (Phi) is 4.05. The fourth-order valence-corrected chi connectivity index (χ4v) is 3.83. The second-order valence-electron chi connectivity index (χ2n) is 7.85. The van der Waals surface area contributed by atoms with Crippen LogP contribution in [-0.4, -0.2) is 52.4 Å². The minimum Gasteiger partial charge on any atom is -0.430 e. The number of carbonyl (C=O) groups excluding carboxylic acids is 1. The van der Waals surface area contributed by atoms with Crippen LogP contribution in [0.1, 0.15) is 60.8 Å². The monoisotopic (exact) mass is 344 g/mol. The maximum absolute atomic E-state index is 12.5. The largest absolute Gasteiger partial charge is 0.430 e. The molecule has 0 aromatic rings. The SMILES string of the molecule is CCC1(CC)O[C@H]2OC(=O)[C@@H]3OC(C)(C)O[C@@H]3C[C@@]2(C(C)(C)O)O1. The fourth-order valence-electron chi connectivity index (χ4n) is 3.83. The summed E-state index contributed by atoms with van der Waals surface area (Å²) in [7, 11) is 0. The van der Waals surface area contributed by atoms with Crippen LogP contribution in [-0.2, 0) is 28.5 Å². The summed E-state index contributed by atoms with van der Waals surface area (Å²) in [5.41, 5.74) is -2.53. The van der Waals surface area contributed by atoms with Crippen molar-refractivity contribution >= 4 is 5.97 Å². The minimum atomic E-state index is -1.31. The number of hydrogen-bond acceptors (Lipinski definition) is 7. The van der Waals surface area contributed by atoms with Gasteiger partial charge in [-0.25, -0.2) is 4.79 Å². The number of fused-ring (bicyclic) bond motifs is 2. The van der Waals surface area contributed by atoms with Gasteiger partial charge in [-0.1, -0.05) is 13.8 Å². The van der Waals surface area contributed by atoms with Crippen molar-refractivity contribution in [1.82, 2.24) is 0 Å². The van der Waals surface area contributed by atoms with E-state index in [0.717, 1.165) is 0 Å². The molecule has 0 spiro atoms. The van der Waals surface area contributed by atoms with Gasteiger partial charge in [-0.05, 0) is 40.5 Å². The molecule has 7 heteroatoms. The highest BCUT2D eigenvalue weighted by molar-refractivity contribution is 5.76. The lowest BCUT2D eigenvalue weighted by molar-refractivity contribution is -0.236. The Morgan fingerprint density at radius 3 is 2.33 bits per heavy atom. The Labute approximate surface area is 142 Å². The number of esters is 1. The molecule has 3 rings (SSSR count). The van der Waals surface area contributed by atoms with Crippen LogP contribution < -0.4 is 0 Å². The number of hydrogen-bond donors (Lipinski definition) is 1. The van der Waals surface area contributed by atoms with E-state index in [1.165, 1.54) is 0 Å². The smallest absolute Gasteiger partial charge is 0.340 e. The van der Waals surface area contributed by atoms with Gasteiger partial charge >= 0.3 is 5.97 Å². The van der Waals surface area contributed by atoms with E-state index in [1.807, 2.05) is 13.8 Å². The Bertz CT molecular complexity index is 520. The molecule has 7 nitrogen and oxygen atoms in total. The zero-order chi connectivity index (χ0) is 18.0. The number of ether oxygens (including phenoxy) is 5. The van der Waals surface area contributed by atoms with Crippen molar-refractivity contribution in [2.75, 3.05) is 0 Å². The van der Waals surface area contributed by atoms with E-state index >= 15 is 0 Å². The van der Waals surface area contributed by atoms with Gasteiger partial charge in [0.15, 0.2) is 23.3 Å². The van der Waals surface area contributed by atoms with Crippen molar-refractivity contribution in [2.45, 2.75) is 102 Å². The lowest BCUT2D eigenvalue weighted by Crippen LogP contribution is -2.59. The van der Waals surface area contributed by atoms with Crippen LogP contribution in [0.2, 0.25) is 0 Å². The van der Waals surface area contributed by atoms with E-state index in [2.05, 4.69) is 0 Å². The zero-order valence-electron chi connectivity index (χ0n) is 15.3. The standard InChI is InChI=1S/C17H28O7/c1-7-16(8-2)23-13-17(24-16,14(3,4)19)9-10-11(12(18)20-13)22-15(5,6)21-10/h10-11,13,19H,7-9H2,1-6H3/t10-,11-,13-,17-/m1/s1. The normalized spacial score (nSPS) is 40.6. The molecule has 0 radical (unpaired) electrons. The highest BCUT2D eigenvalue weighted by Crippen LogP contribution is 2.52. The first-order valence-corrected chi connectivity index (χ1v) is 8.64. The molecule has 0 unspecified atom stereocenters. The van der Waals surface area contributed by atoms with Crippen LogP contribution in [0.4, 0.5) is 0 Å². The van der Waals surface area contributed by atoms with Gasteiger partial charge in [0.1, 0.15) is 6.10 Å². The molecule has 4 atom stereocenters. The van der Waals surface area contributed by atoms with Crippen molar-refractivity contribution in [1.29, 1.82) is 0 Å². The van der Waals surface area contributed by atoms with E-state index < -0.39 is 47.2 Å². The van der Waals surface area contributed by atoms with Gasteiger partial charge in [-0.3, -0.25) is 0 Å². The Morgan fingerprint density at radius 2 is 1.79 bits per heavy atom. The van der Waals surface area contributed by atoms with E-state index in [9.17, 15) is 9.90 Å². The average Bonchev–Trinajstić information content (AvgIpc) is 2.92. The topological polar surface area (TPSA) is 83.5 Å². The second kappa shape index (κ2) is 5.38. The van der Waals surface area contributed by atoms with Crippen LogP contribution in [0.3, 0.4) is 0 Å². The summed E-state index contributed by atoms with van der Waals surface area (Å²) in [5.74, 6) is -2.34. The molecular formula is C17H28O7. The summed E-state index contributed by atoms with van der Waals surface area (Å²) < 4.78 is 29.5. The van der Waals surface area contributed by atoms with Crippen molar-refractivity contribution in [2.24, 2.45) is 0 Å². The first-order valence-electron chi connectivity index (χ1n) is 8.64. The molecule has 0 amide bonds. The van der Waals surface area contributed by atoms with E-state index in [4.69, 9.17) is 23.7 Å². The van der Waals surface area contributed by atoms with E-state index in [0.29, 0.717) is 12.8 Å². The van der Waals surface area contributed by atoms with Gasteiger partial charge in [-0.15, -0.1) is 0 Å². The molecule has 3 saturated heterocycles. The van der Waals surface area contributed by atoms with Crippen molar-refractivity contribution < 1.29 is 33.6 Å². The average molecular weight is 344 g/mol. The molecule has 3 aliphatic rings. The minimum absolute atomic E-state index is 0.239. The van der Waals surface area contributed by atoms with Crippen LogP contribution in [0.15, 0.2) is 0 Å². The van der Waals surface area contributed by atoms with Gasteiger partial charge in [0, 0.05) is 6.42 Å². The molecule has 0 aromatic carbocycles. The number of carbonyl (C=O) groups is 1. The molecule has 24 heavy (non-hydrogen) atoms. The summed E-state index contributed by atoms with van der Waals surface area (Å²) in [6.07, 6.45) is -1.04. The first kappa shape index (κ1) is 18.1. The molecule has 0 aliphatic carbocycles. The van der Waals surface area contributed by atoms with Crippen LogP contribution in [0.5, 0.6) is 0 Å². The Morgan fingerprint density at radius 1 is 1.17 bits per heavy atom. The third-order valence-electron chi connectivity index (χ3n) is 5.33.